The zero-order chi connectivity index (χ0) is 11.2. The number of phenolic OH excluding ortho intramolecular Hbond substituents is 1. The van der Waals surface area contributed by atoms with Crippen LogP contribution >= 0.6 is 0 Å². The number of hydrogen-bond acceptors (Lipinski definition) is 4. The van der Waals surface area contributed by atoms with Gasteiger partial charge in [0.25, 0.3) is 0 Å². The number of phenols is 1. The molecule has 1 radical (unpaired) electrons. The summed E-state index contributed by atoms with van der Waals surface area (Å²) in [5, 5.41) is 9.46. The van der Waals surface area contributed by atoms with Crippen LogP contribution in [0.4, 0.5) is 0 Å². The van der Waals surface area contributed by atoms with E-state index in [1.54, 1.807) is 12.1 Å². The lowest BCUT2D eigenvalue weighted by Gasteiger charge is -2.26. The van der Waals surface area contributed by atoms with Crippen molar-refractivity contribution in [3.05, 3.63) is 24.3 Å². The van der Waals surface area contributed by atoms with Crippen LogP contribution in [0.1, 0.15) is 0 Å². The highest BCUT2D eigenvalue weighted by molar-refractivity contribution is 5.37. The molecule has 1 heterocycles. The maximum absolute atomic E-state index is 9.46. The van der Waals surface area contributed by atoms with Crippen LogP contribution in [0.3, 0.4) is 0 Å². The summed E-state index contributed by atoms with van der Waals surface area (Å²) in [7, 11) is 0. The van der Waals surface area contributed by atoms with E-state index in [1.807, 2.05) is 0 Å². The molecule has 4 heteroatoms. The number of ether oxygens (including phenoxy) is 2. The molecule has 1 fully saturated rings. The Morgan fingerprint density at radius 1 is 1.44 bits per heavy atom. The highest BCUT2D eigenvalue weighted by Crippen LogP contribution is 2.23. The van der Waals surface area contributed by atoms with Gasteiger partial charge in [-0.25, -0.2) is 0 Å². The van der Waals surface area contributed by atoms with Crippen LogP contribution in [0.2, 0.25) is 0 Å². The van der Waals surface area contributed by atoms with Crippen LogP contribution in [-0.2, 0) is 4.74 Å². The zero-order valence-corrected chi connectivity index (χ0v) is 9.19. The Morgan fingerprint density at radius 2 is 2.25 bits per heavy atom. The van der Waals surface area contributed by atoms with Gasteiger partial charge in [-0.3, -0.25) is 4.90 Å². The van der Waals surface area contributed by atoms with Gasteiger partial charge in [0, 0.05) is 19.6 Å². The van der Waals surface area contributed by atoms with Gasteiger partial charge in [-0.1, -0.05) is 6.07 Å². The van der Waals surface area contributed by atoms with E-state index in [1.165, 1.54) is 6.07 Å². The lowest BCUT2D eigenvalue weighted by Crippen LogP contribution is -2.38. The molecule has 4 nitrogen and oxygen atoms in total. The lowest BCUT2D eigenvalue weighted by molar-refractivity contribution is 0.0321. The predicted octanol–water partition coefficient (Wildman–Crippen LogP) is 0.903. The summed E-state index contributed by atoms with van der Waals surface area (Å²) in [6.07, 6.45) is 0. The summed E-state index contributed by atoms with van der Waals surface area (Å²) < 4.78 is 10.7. The molecule has 0 atom stereocenters. The first kappa shape index (κ1) is 11.2. The molecule has 0 aliphatic carbocycles. The Hall–Kier alpha value is -1.26. The molecule has 16 heavy (non-hydrogen) atoms. The van der Waals surface area contributed by atoms with E-state index in [2.05, 4.69) is 11.0 Å². The third-order valence-corrected chi connectivity index (χ3v) is 2.57. The van der Waals surface area contributed by atoms with Crippen molar-refractivity contribution in [3.8, 4) is 11.5 Å². The predicted molar refractivity (Wildman–Crippen MR) is 59.7 cm³/mol. The van der Waals surface area contributed by atoms with Crippen LogP contribution in [0.5, 0.6) is 11.5 Å². The fourth-order valence-corrected chi connectivity index (χ4v) is 1.64. The first-order valence-electron chi connectivity index (χ1n) is 5.48. The number of nitrogens with zero attached hydrogens (tertiary/aromatic N) is 1. The standard InChI is InChI=1S/C12H16NO3/c14-11-3-1-2-4-12(11)16-10-7-13-5-8-15-9-6-13/h2-4,14H,5-10H2. The summed E-state index contributed by atoms with van der Waals surface area (Å²) in [6, 6.07) is 7.73. The molecular weight excluding hydrogens is 206 g/mol. The Kier molecular flexibility index (Phi) is 4.02. The monoisotopic (exact) mass is 222 g/mol. The quantitative estimate of drug-likeness (QED) is 0.822. The topological polar surface area (TPSA) is 41.9 Å². The van der Waals surface area contributed by atoms with Gasteiger partial charge in [0.05, 0.1) is 13.2 Å². The molecule has 0 saturated carbocycles. The minimum Gasteiger partial charge on any atom is -0.504 e. The zero-order valence-electron chi connectivity index (χ0n) is 9.19. The molecule has 1 saturated heterocycles. The third kappa shape index (κ3) is 3.12. The Labute approximate surface area is 95.4 Å². The summed E-state index contributed by atoms with van der Waals surface area (Å²) in [5.41, 5.74) is 0. The summed E-state index contributed by atoms with van der Waals surface area (Å²) in [4.78, 5) is 2.29. The average molecular weight is 222 g/mol. The van der Waals surface area contributed by atoms with Crippen molar-refractivity contribution in [1.29, 1.82) is 0 Å². The molecule has 0 aromatic heterocycles. The van der Waals surface area contributed by atoms with Crippen LogP contribution in [-0.4, -0.2) is 49.5 Å². The van der Waals surface area contributed by atoms with Gasteiger partial charge in [0.2, 0.25) is 0 Å². The number of rotatable bonds is 4. The Bertz CT molecular complexity index is 324. The second-order valence-electron chi connectivity index (χ2n) is 3.70. The van der Waals surface area contributed by atoms with Crippen LogP contribution in [0, 0.1) is 6.07 Å². The van der Waals surface area contributed by atoms with Crippen molar-refractivity contribution in [2.24, 2.45) is 0 Å². The van der Waals surface area contributed by atoms with Gasteiger partial charge in [-0.05, 0) is 18.2 Å². The van der Waals surface area contributed by atoms with Gasteiger partial charge in [-0.15, -0.1) is 0 Å². The van der Waals surface area contributed by atoms with Gasteiger partial charge in [0.15, 0.2) is 11.5 Å². The molecule has 0 unspecified atom stereocenters. The fourth-order valence-electron chi connectivity index (χ4n) is 1.64. The molecule has 87 valence electrons. The maximum Gasteiger partial charge on any atom is 0.161 e. The van der Waals surface area contributed by atoms with E-state index >= 15 is 0 Å². The molecule has 1 aromatic rings. The lowest BCUT2D eigenvalue weighted by atomic mass is 10.3. The molecule has 1 aromatic carbocycles. The van der Waals surface area contributed by atoms with Crippen molar-refractivity contribution >= 4 is 0 Å². The smallest absolute Gasteiger partial charge is 0.161 e. The van der Waals surface area contributed by atoms with E-state index in [9.17, 15) is 5.11 Å². The maximum atomic E-state index is 9.46. The summed E-state index contributed by atoms with van der Waals surface area (Å²) in [5.74, 6) is 0.663. The average Bonchev–Trinajstić information content (AvgIpc) is 2.33. The molecule has 1 aliphatic heterocycles. The van der Waals surface area contributed by atoms with E-state index in [0.29, 0.717) is 12.4 Å². The van der Waals surface area contributed by atoms with E-state index in [0.717, 1.165) is 32.8 Å². The van der Waals surface area contributed by atoms with Crippen LogP contribution in [0.15, 0.2) is 18.2 Å². The normalized spacial score (nSPS) is 17.2. The molecule has 1 N–H and O–H groups in total. The highest BCUT2D eigenvalue weighted by atomic mass is 16.5. The molecule has 0 bridgehead atoms. The van der Waals surface area contributed by atoms with Crippen molar-refractivity contribution in [1.82, 2.24) is 4.90 Å². The molecule has 0 amide bonds. The van der Waals surface area contributed by atoms with Crippen molar-refractivity contribution in [2.45, 2.75) is 0 Å². The number of hydrogen-bond donors (Lipinski definition) is 1. The van der Waals surface area contributed by atoms with Crippen molar-refractivity contribution in [2.75, 3.05) is 39.5 Å². The number of aromatic hydroxyl groups is 1. The van der Waals surface area contributed by atoms with Gasteiger partial charge in [0.1, 0.15) is 6.61 Å². The first-order valence-corrected chi connectivity index (χ1v) is 5.48. The Balaban J connectivity index is 1.73. The van der Waals surface area contributed by atoms with Gasteiger partial charge in [-0.2, -0.15) is 0 Å². The number of benzene rings is 1. The second-order valence-corrected chi connectivity index (χ2v) is 3.70. The van der Waals surface area contributed by atoms with Gasteiger partial charge >= 0.3 is 0 Å². The van der Waals surface area contributed by atoms with Crippen LogP contribution < -0.4 is 4.74 Å². The molecule has 0 spiro atoms. The SMILES string of the molecule is Oc1c[c]ccc1OCCN1CCOCC1. The summed E-state index contributed by atoms with van der Waals surface area (Å²) in [6.45, 7) is 4.95. The summed E-state index contributed by atoms with van der Waals surface area (Å²) >= 11 is 0. The third-order valence-electron chi connectivity index (χ3n) is 2.57. The fraction of sp³-hybridized carbons (Fsp3) is 0.500. The van der Waals surface area contributed by atoms with Crippen molar-refractivity contribution < 1.29 is 14.6 Å². The van der Waals surface area contributed by atoms with Gasteiger partial charge < -0.3 is 14.6 Å². The second kappa shape index (κ2) is 5.72. The molecule has 2 rings (SSSR count). The largest absolute Gasteiger partial charge is 0.504 e. The minimum atomic E-state index is 0.143. The highest BCUT2D eigenvalue weighted by Gasteiger charge is 2.10. The van der Waals surface area contributed by atoms with E-state index in [4.69, 9.17) is 9.47 Å². The Morgan fingerprint density at radius 3 is 3.00 bits per heavy atom. The minimum absolute atomic E-state index is 0.143. The molecular formula is C12H16NO3. The number of morpholine rings is 1. The van der Waals surface area contributed by atoms with Crippen molar-refractivity contribution in [3.63, 3.8) is 0 Å². The molecule has 1 aliphatic rings. The van der Waals surface area contributed by atoms with E-state index in [-0.39, 0.29) is 5.75 Å². The van der Waals surface area contributed by atoms with E-state index < -0.39 is 0 Å². The first-order chi connectivity index (χ1) is 7.86. The van der Waals surface area contributed by atoms with Crippen LogP contribution in [0.25, 0.3) is 0 Å².